The highest BCUT2D eigenvalue weighted by Crippen LogP contribution is 2.38. The van der Waals surface area contributed by atoms with Crippen LogP contribution in [0, 0.1) is 0 Å². The predicted molar refractivity (Wildman–Crippen MR) is 78.4 cm³/mol. The summed E-state index contributed by atoms with van der Waals surface area (Å²) in [4.78, 5) is 0. The zero-order chi connectivity index (χ0) is 13.4. The van der Waals surface area contributed by atoms with E-state index in [-0.39, 0.29) is 5.60 Å². The van der Waals surface area contributed by atoms with Crippen molar-refractivity contribution in [3.8, 4) is 0 Å². The van der Waals surface area contributed by atoms with Crippen LogP contribution in [0.25, 0.3) is 0 Å². The molecule has 2 fully saturated rings. The van der Waals surface area contributed by atoms with Crippen LogP contribution in [-0.2, 0) is 9.47 Å². The Morgan fingerprint density at radius 2 is 2.11 bits per heavy atom. The average molecular weight is 267 g/mol. The van der Waals surface area contributed by atoms with Gasteiger partial charge in [0.1, 0.15) is 0 Å². The van der Waals surface area contributed by atoms with Gasteiger partial charge in [0.05, 0.1) is 18.8 Å². The van der Waals surface area contributed by atoms with Gasteiger partial charge in [-0.3, -0.25) is 0 Å². The molecule has 3 nitrogen and oxygen atoms in total. The Kier molecular flexibility index (Phi) is 6.35. The van der Waals surface area contributed by atoms with E-state index in [2.05, 4.69) is 11.9 Å². The second-order valence-corrected chi connectivity index (χ2v) is 5.93. The molecule has 1 unspecified atom stereocenters. The average Bonchev–Trinajstić information content (AvgIpc) is 2.44. The summed E-state index contributed by atoms with van der Waals surface area (Å²) in [5, 5.41) is 3.64. The van der Waals surface area contributed by atoms with E-state index in [1.165, 1.54) is 38.5 Å². The molecule has 1 saturated heterocycles. The molecule has 2 rings (SSSR count). The summed E-state index contributed by atoms with van der Waals surface area (Å²) >= 11 is 0. The Labute approximate surface area is 117 Å². The summed E-state index contributed by atoms with van der Waals surface area (Å²) in [5.74, 6) is 0. The highest BCUT2D eigenvalue weighted by Gasteiger charge is 2.38. The van der Waals surface area contributed by atoms with Gasteiger partial charge in [-0.25, -0.2) is 0 Å². The summed E-state index contributed by atoms with van der Waals surface area (Å²) < 4.78 is 11.7. The Bertz CT molecular complexity index is 256. The third-order valence-corrected chi connectivity index (χ3v) is 4.40. The van der Waals surface area contributed by atoms with E-state index in [0.717, 1.165) is 39.2 Å². The molecule has 1 spiro atoms. The summed E-state index contributed by atoms with van der Waals surface area (Å²) in [5.41, 5.74) is 0.206. The maximum atomic E-state index is 6.11. The van der Waals surface area contributed by atoms with Crippen molar-refractivity contribution in [2.75, 3.05) is 26.4 Å². The molecule has 110 valence electrons. The monoisotopic (exact) mass is 267 g/mol. The lowest BCUT2D eigenvalue weighted by atomic mass is 9.78. The maximum absolute atomic E-state index is 6.11. The lowest BCUT2D eigenvalue weighted by Gasteiger charge is -2.43. The van der Waals surface area contributed by atoms with Crippen molar-refractivity contribution in [1.82, 2.24) is 5.32 Å². The molecule has 1 heterocycles. The zero-order valence-electron chi connectivity index (χ0n) is 12.2. The minimum atomic E-state index is 0.206. The lowest BCUT2D eigenvalue weighted by Crippen LogP contribution is -2.48. The predicted octanol–water partition coefficient (Wildman–Crippen LogP) is 3.05. The van der Waals surface area contributed by atoms with E-state index in [1.807, 2.05) is 6.08 Å². The molecule has 0 amide bonds. The van der Waals surface area contributed by atoms with Gasteiger partial charge >= 0.3 is 0 Å². The molecule has 0 bridgehead atoms. The van der Waals surface area contributed by atoms with E-state index < -0.39 is 0 Å². The van der Waals surface area contributed by atoms with Crippen molar-refractivity contribution in [1.29, 1.82) is 0 Å². The van der Waals surface area contributed by atoms with Crippen LogP contribution in [0.3, 0.4) is 0 Å². The Morgan fingerprint density at radius 1 is 1.26 bits per heavy atom. The zero-order valence-corrected chi connectivity index (χ0v) is 12.2. The molecular formula is C16H29NO2. The van der Waals surface area contributed by atoms with E-state index in [0.29, 0.717) is 6.04 Å². The van der Waals surface area contributed by atoms with Crippen LogP contribution in [-0.4, -0.2) is 38.0 Å². The fourth-order valence-electron chi connectivity index (χ4n) is 3.35. The molecule has 0 aromatic rings. The molecule has 1 atom stereocenters. The molecule has 2 aliphatic rings. The number of hydrogen-bond donors (Lipinski definition) is 1. The first-order valence-electron chi connectivity index (χ1n) is 7.91. The minimum absolute atomic E-state index is 0.206. The van der Waals surface area contributed by atoms with Gasteiger partial charge in [-0.2, -0.15) is 0 Å². The maximum Gasteiger partial charge on any atom is 0.0697 e. The molecule has 1 aliphatic carbocycles. The quantitative estimate of drug-likeness (QED) is 0.568. The number of nitrogens with one attached hydrogen (secondary N) is 1. The van der Waals surface area contributed by atoms with E-state index in [1.54, 1.807) is 0 Å². The Hall–Kier alpha value is -0.380. The number of hydrogen-bond acceptors (Lipinski definition) is 3. The van der Waals surface area contributed by atoms with Gasteiger partial charge < -0.3 is 14.8 Å². The molecule has 3 heteroatoms. The van der Waals surface area contributed by atoms with Crippen LogP contribution in [0.5, 0.6) is 0 Å². The van der Waals surface area contributed by atoms with Crippen molar-refractivity contribution in [3.63, 3.8) is 0 Å². The summed E-state index contributed by atoms with van der Waals surface area (Å²) in [7, 11) is 0. The second kappa shape index (κ2) is 8.03. The summed E-state index contributed by atoms with van der Waals surface area (Å²) in [6.45, 7) is 7.17. The van der Waals surface area contributed by atoms with Gasteiger partial charge in [0, 0.05) is 19.2 Å². The molecule has 1 N–H and O–H groups in total. The molecule has 0 aromatic heterocycles. The van der Waals surface area contributed by atoms with Gasteiger partial charge in [0.2, 0.25) is 0 Å². The first-order valence-corrected chi connectivity index (χ1v) is 7.91. The largest absolute Gasteiger partial charge is 0.380 e. The van der Waals surface area contributed by atoms with Gasteiger partial charge in [-0.15, -0.1) is 6.58 Å². The summed E-state index contributed by atoms with van der Waals surface area (Å²) in [6, 6.07) is 0.620. The smallest absolute Gasteiger partial charge is 0.0697 e. The van der Waals surface area contributed by atoms with Crippen LogP contribution in [0.15, 0.2) is 12.7 Å². The number of rotatable bonds is 7. The van der Waals surface area contributed by atoms with Crippen molar-refractivity contribution in [2.24, 2.45) is 0 Å². The van der Waals surface area contributed by atoms with Crippen LogP contribution in [0.4, 0.5) is 0 Å². The second-order valence-electron chi connectivity index (χ2n) is 5.93. The van der Waals surface area contributed by atoms with Crippen molar-refractivity contribution in [3.05, 3.63) is 12.7 Å². The third kappa shape index (κ3) is 4.90. The fourth-order valence-corrected chi connectivity index (χ4v) is 3.35. The first-order chi connectivity index (χ1) is 9.35. The minimum Gasteiger partial charge on any atom is -0.380 e. The van der Waals surface area contributed by atoms with Gasteiger partial charge in [-0.1, -0.05) is 25.3 Å². The fraction of sp³-hybridized carbons (Fsp3) is 0.875. The van der Waals surface area contributed by atoms with Crippen LogP contribution in [0.2, 0.25) is 0 Å². The van der Waals surface area contributed by atoms with Crippen molar-refractivity contribution in [2.45, 2.75) is 63.0 Å². The molecule has 0 radical (unpaired) electrons. The van der Waals surface area contributed by atoms with Gasteiger partial charge in [0.25, 0.3) is 0 Å². The van der Waals surface area contributed by atoms with Gasteiger partial charge in [0.15, 0.2) is 0 Å². The highest BCUT2D eigenvalue weighted by molar-refractivity contribution is 4.91. The molecule has 19 heavy (non-hydrogen) atoms. The topological polar surface area (TPSA) is 30.5 Å². The standard InChI is InChI=1S/C16H29NO2/c1-2-3-11-18-13-10-17-15-7-12-19-16(14-15)8-5-4-6-9-16/h2,15,17H,1,3-14H2. The van der Waals surface area contributed by atoms with E-state index in [9.17, 15) is 0 Å². The SMILES string of the molecule is C=CCCOCCNC1CCOC2(CCCCC2)C1. The third-order valence-electron chi connectivity index (χ3n) is 4.40. The lowest BCUT2D eigenvalue weighted by molar-refractivity contribution is -0.109. The summed E-state index contributed by atoms with van der Waals surface area (Å²) in [6.07, 6.45) is 11.8. The molecular weight excluding hydrogens is 238 g/mol. The molecule has 0 aromatic carbocycles. The Morgan fingerprint density at radius 3 is 2.89 bits per heavy atom. The molecule has 1 aliphatic heterocycles. The van der Waals surface area contributed by atoms with Crippen LogP contribution < -0.4 is 5.32 Å². The Balaban J connectivity index is 1.62. The van der Waals surface area contributed by atoms with Crippen LogP contribution in [0.1, 0.15) is 51.4 Å². The van der Waals surface area contributed by atoms with Gasteiger partial charge in [-0.05, 0) is 32.1 Å². The van der Waals surface area contributed by atoms with E-state index in [4.69, 9.17) is 9.47 Å². The number of ether oxygens (including phenoxy) is 2. The highest BCUT2D eigenvalue weighted by atomic mass is 16.5. The van der Waals surface area contributed by atoms with E-state index >= 15 is 0 Å². The first kappa shape index (κ1) is 15.0. The molecule has 1 saturated carbocycles. The van der Waals surface area contributed by atoms with Crippen molar-refractivity contribution < 1.29 is 9.47 Å². The van der Waals surface area contributed by atoms with Crippen molar-refractivity contribution >= 4 is 0 Å². The van der Waals surface area contributed by atoms with Crippen LogP contribution >= 0.6 is 0 Å². The normalized spacial score (nSPS) is 26.4.